The molecule has 0 saturated carbocycles. The molecule has 0 spiro atoms. The van der Waals surface area contributed by atoms with Crippen molar-refractivity contribution in [2.24, 2.45) is 0 Å². The second kappa shape index (κ2) is 6.50. The van der Waals surface area contributed by atoms with Crippen LogP contribution in [-0.4, -0.2) is 9.55 Å². The predicted molar refractivity (Wildman–Crippen MR) is 90.9 cm³/mol. The summed E-state index contributed by atoms with van der Waals surface area (Å²) in [5.74, 6) is 0. The van der Waals surface area contributed by atoms with Crippen LogP contribution < -0.4 is 0 Å². The molecule has 0 bridgehead atoms. The Morgan fingerprint density at radius 3 is 2.30 bits per heavy atom. The van der Waals surface area contributed by atoms with E-state index < -0.39 is 5.41 Å². The third-order valence-electron chi connectivity index (χ3n) is 4.29. The highest BCUT2D eigenvalue weighted by atomic mass is 15.0. The van der Waals surface area contributed by atoms with Crippen LogP contribution in [0.1, 0.15) is 23.6 Å². The minimum atomic E-state index is -0.728. The fourth-order valence-electron chi connectivity index (χ4n) is 2.92. The smallest absolute Gasteiger partial charge is 0.125 e. The summed E-state index contributed by atoms with van der Waals surface area (Å²) in [4.78, 5) is 4.11. The summed E-state index contributed by atoms with van der Waals surface area (Å²) >= 11 is 0. The third kappa shape index (κ3) is 2.89. The molecule has 1 unspecified atom stereocenters. The van der Waals surface area contributed by atoms with E-state index in [0.29, 0.717) is 6.54 Å². The van der Waals surface area contributed by atoms with Crippen LogP contribution in [0.3, 0.4) is 0 Å². The first kappa shape index (κ1) is 15.1. The van der Waals surface area contributed by atoms with E-state index in [0.717, 1.165) is 17.5 Å². The van der Waals surface area contributed by atoms with Crippen molar-refractivity contribution in [2.75, 3.05) is 0 Å². The van der Waals surface area contributed by atoms with E-state index in [1.54, 1.807) is 12.5 Å². The van der Waals surface area contributed by atoms with Crippen LogP contribution in [0.2, 0.25) is 0 Å². The van der Waals surface area contributed by atoms with Gasteiger partial charge in [0, 0.05) is 12.4 Å². The molecule has 0 N–H and O–H groups in total. The van der Waals surface area contributed by atoms with Crippen LogP contribution in [0.25, 0.3) is 0 Å². The molecule has 114 valence electrons. The molecule has 0 fully saturated rings. The Bertz CT molecular complexity index is 783. The largest absolute Gasteiger partial charge is 0.335 e. The van der Waals surface area contributed by atoms with Crippen LogP contribution in [0.5, 0.6) is 0 Å². The standard InChI is InChI=1S/C20H19N3/c1-2-17-8-10-19(11-9-17)20(14-21,15-23-13-12-22-16-23)18-6-4-3-5-7-18/h3-13,16H,2,15H2,1H3. The summed E-state index contributed by atoms with van der Waals surface area (Å²) in [7, 11) is 0. The lowest BCUT2D eigenvalue weighted by Gasteiger charge is -2.28. The second-order valence-electron chi connectivity index (χ2n) is 5.67. The highest BCUT2D eigenvalue weighted by Gasteiger charge is 2.35. The first-order valence-electron chi connectivity index (χ1n) is 7.80. The normalized spacial score (nSPS) is 13.2. The van der Waals surface area contributed by atoms with Gasteiger partial charge in [-0.3, -0.25) is 0 Å². The van der Waals surface area contributed by atoms with E-state index in [1.165, 1.54) is 5.56 Å². The number of nitrogens with zero attached hydrogens (tertiary/aromatic N) is 3. The number of rotatable bonds is 5. The number of nitriles is 1. The molecule has 3 rings (SSSR count). The number of hydrogen-bond acceptors (Lipinski definition) is 2. The minimum absolute atomic E-state index is 0.541. The van der Waals surface area contributed by atoms with E-state index >= 15 is 0 Å². The molecule has 1 aromatic heterocycles. The molecular weight excluding hydrogens is 282 g/mol. The topological polar surface area (TPSA) is 41.6 Å². The minimum Gasteiger partial charge on any atom is -0.335 e. The molecule has 2 aromatic carbocycles. The summed E-state index contributed by atoms with van der Waals surface area (Å²) in [6.45, 7) is 2.67. The Morgan fingerprint density at radius 2 is 1.74 bits per heavy atom. The summed E-state index contributed by atoms with van der Waals surface area (Å²) in [5, 5.41) is 10.1. The van der Waals surface area contributed by atoms with Crippen LogP contribution in [0.4, 0.5) is 0 Å². The molecular formula is C20H19N3. The van der Waals surface area contributed by atoms with Gasteiger partial charge in [0.1, 0.15) is 5.41 Å². The van der Waals surface area contributed by atoms with Gasteiger partial charge in [0.25, 0.3) is 0 Å². The average Bonchev–Trinajstić information content (AvgIpc) is 3.13. The van der Waals surface area contributed by atoms with Crippen molar-refractivity contribution in [3.8, 4) is 6.07 Å². The molecule has 0 saturated heterocycles. The van der Waals surface area contributed by atoms with Gasteiger partial charge in [-0.25, -0.2) is 4.98 Å². The molecule has 1 atom stereocenters. The van der Waals surface area contributed by atoms with Crippen molar-refractivity contribution in [2.45, 2.75) is 25.3 Å². The molecule has 23 heavy (non-hydrogen) atoms. The third-order valence-corrected chi connectivity index (χ3v) is 4.29. The van der Waals surface area contributed by atoms with Gasteiger partial charge in [-0.1, -0.05) is 61.5 Å². The van der Waals surface area contributed by atoms with Crippen molar-refractivity contribution in [1.82, 2.24) is 9.55 Å². The lowest BCUT2D eigenvalue weighted by atomic mass is 9.75. The average molecular weight is 301 g/mol. The molecule has 0 aliphatic rings. The number of aromatic nitrogens is 2. The van der Waals surface area contributed by atoms with Gasteiger partial charge >= 0.3 is 0 Å². The monoisotopic (exact) mass is 301 g/mol. The lowest BCUT2D eigenvalue weighted by Crippen LogP contribution is -2.31. The zero-order chi connectivity index (χ0) is 16.1. The maximum Gasteiger partial charge on any atom is 0.125 e. The number of aryl methyl sites for hydroxylation is 1. The van der Waals surface area contributed by atoms with Crippen molar-refractivity contribution in [1.29, 1.82) is 5.26 Å². The molecule has 0 amide bonds. The maximum absolute atomic E-state index is 10.1. The van der Waals surface area contributed by atoms with Gasteiger partial charge in [-0.15, -0.1) is 0 Å². The number of benzene rings is 2. The van der Waals surface area contributed by atoms with Gasteiger partial charge in [-0.2, -0.15) is 5.26 Å². The Hall–Kier alpha value is -2.86. The van der Waals surface area contributed by atoms with Gasteiger partial charge in [-0.05, 0) is 23.1 Å². The Kier molecular flexibility index (Phi) is 4.25. The van der Waals surface area contributed by atoms with Crippen molar-refractivity contribution in [3.05, 3.63) is 90.0 Å². The lowest BCUT2D eigenvalue weighted by molar-refractivity contribution is 0.528. The zero-order valence-electron chi connectivity index (χ0n) is 13.2. The van der Waals surface area contributed by atoms with Crippen LogP contribution in [-0.2, 0) is 18.4 Å². The first-order valence-corrected chi connectivity index (χ1v) is 7.80. The molecule has 0 aliphatic heterocycles. The van der Waals surface area contributed by atoms with Gasteiger partial charge in [0.05, 0.1) is 18.9 Å². The Labute approximate surface area is 136 Å². The SMILES string of the molecule is CCc1ccc(C(C#N)(Cn2ccnc2)c2ccccc2)cc1. The van der Waals surface area contributed by atoms with Crippen LogP contribution in [0.15, 0.2) is 73.3 Å². The fourth-order valence-corrected chi connectivity index (χ4v) is 2.92. The summed E-state index contributed by atoms with van der Waals surface area (Å²) in [6.07, 6.45) is 6.39. The van der Waals surface area contributed by atoms with E-state index in [-0.39, 0.29) is 0 Å². The second-order valence-corrected chi connectivity index (χ2v) is 5.67. The van der Waals surface area contributed by atoms with E-state index in [2.05, 4.69) is 42.2 Å². The van der Waals surface area contributed by atoms with E-state index in [9.17, 15) is 5.26 Å². The molecule has 3 aromatic rings. The van der Waals surface area contributed by atoms with Crippen molar-refractivity contribution < 1.29 is 0 Å². The van der Waals surface area contributed by atoms with E-state index in [4.69, 9.17) is 0 Å². The molecule has 0 radical (unpaired) electrons. The number of hydrogen-bond donors (Lipinski definition) is 0. The van der Waals surface area contributed by atoms with Crippen LogP contribution in [0, 0.1) is 11.3 Å². The van der Waals surface area contributed by atoms with Gasteiger partial charge < -0.3 is 4.57 Å². The van der Waals surface area contributed by atoms with Crippen LogP contribution >= 0.6 is 0 Å². The quantitative estimate of drug-likeness (QED) is 0.716. The first-order chi connectivity index (χ1) is 11.3. The van der Waals surface area contributed by atoms with Crippen molar-refractivity contribution in [3.63, 3.8) is 0 Å². The molecule has 3 nitrogen and oxygen atoms in total. The highest BCUT2D eigenvalue weighted by Crippen LogP contribution is 2.34. The molecule has 0 aliphatic carbocycles. The summed E-state index contributed by atoms with van der Waals surface area (Å²) < 4.78 is 1.96. The van der Waals surface area contributed by atoms with Crippen molar-refractivity contribution >= 4 is 0 Å². The molecule has 3 heteroatoms. The Balaban J connectivity index is 2.13. The maximum atomic E-state index is 10.1. The van der Waals surface area contributed by atoms with Gasteiger partial charge in [0.2, 0.25) is 0 Å². The van der Waals surface area contributed by atoms with Gasteiger partial charge in [0.15, 0.2) is 0 Å². The molecule has 1 heterocycles. The Morgan fingerprint density at radius 1 is 1.04 bits per heavy atom. The zero-order valence-corrected chi connectivity index (χ0v) is 13.2. The highest BCUT2D eigenvalue weighted by molar-refractivity contribution is 5.46. The summed E-state index contributed by atoms with van der Waals surface area (Å²) in [6, 6.07) is 20.9. The number of imidazole rings is 1. The van der Waals surface area contributed by atoms with E-state index in [1.807, 2.05) is 41.1 Å². The summed E-state index contributed by atoms with van der Waals surface area (Å²) in [5.41, 5.74) is 2.56. The fraction of sp³-hybridized carbons (Fsp3) is 0.200. The predicted octanol–water partition coefficient (Wildman–Crippen LogP) is 3.96.